The molecule has 0 fully saturated rings. The quantitative estimate of drug-likeness (QED) is 0.163. The highest BCUT2D eigenvalue weighted by Crippen LogP contribution is 2.28. The average Bonchev–Trinajstić information content (AvgIpc) is 3.50. The number of carbonyl (C=O) groups excluding carboxylic acids is 2. The van der Waals surface area contributed by atoms with Crippen LogP contribution in [0.15, 0.2) is 72.8 Å². The van der Waals surface area contributed by atoms with Gasteiger partial charge >= 0.3 is 5.97 Å². The van der Waals surface area contributed by atoms with Gasteiger partial charge in [0, 0.05) is 23.0 Å². The molecule has 2 heterocycles. The van der Waals surface area contributed by atoms with Crippen molar-refractivity contribution < 1.29 is 29.1 Å². The second-order valence-corrected chi connectivity index (χ2v) is 9.69. The van der Waals surface area contributed by atoms with E-state index in [0.717, 1.165) is 5.56 Å². The lowest BCUT2D eigenvalue weighted by Gasteiger charge is -2.19. The number of imidazole rings is 1. The first-order valence-corrected chi connectivity index (χ1v) is 12.7. The fourth-order valence-corrected chi connectivity index (χ4v) is 4.64. The van der Waals surface area contributed by atoms with E-state index in [2.05, 4.69) is 20.6 Å². The maximum Gasteiger partial charge on any atom is 0.352 e. The van der Waals surface area contributed by atoms with E-state index in [-0.39, 0.29) is 39.9 Å². The number of H-pyrrole nitrogens is 1. The summed E-state index contributed by atoms with van der Waals surface area (Å²) in [6.07, 6.45) is 0.113. The minimum atomic E-state index is -1.11. The number of benzene rings is 3. The Morgan fingerprint density at radius 3 is 2.56 bits per heavy atom. The Morgan fingerprint density at radius 1 is 1.07 bits per heavy atom. The van der Waals surface area contributed by atoms with Crippen molar-refractivity contribution in [2.45, 2.75) is 19.4 Å². The van der Waals surface area contributed by atoms with Crippen LogP contribution >= 0.6 is 11.6 Å². The smallest absolute Gasteiger partial charge is 0.352 e. The zero-order valence-corrected chi connectivity index (χ0v) is 22.2. The van der Waals surface area contributed by atoms with Crippen molar-refractivity contribution in [3.63, 3.8) is 0 Å². The Balaban J connectivity index is 1.43. The number of rotatable bonds is 8. The maximum absolute atomic E-state index is 14.6. The molecule has 0 radical (unpaired) electrons. The standard InChI is InChI=1S/C29H23ClFN5O5/c1-15-25(36(41)26(32-15)19-8-5-9-20(30)24(19)31)28(38)35-22(12-16-6-3-2-4-7-16)27(37)33-18-10-11-21-17(13-18)14-23(34-21)29(39)40/h2-11,13-14,22,34,41H,12H2,1H3,(H,33,37)(H,35,38)(H,39,40)/t22-/m0/s1. The van der Waals surface area contributed by atoms with Gasteiger partial charge in [0.15, 0.2) is 17.3 Å². The van der Waals surface area contributed by atoms with Gasteiger partial charge in [0.05, 0.1) is 16.3 Å². The van der Waals surface area contributed by atoms with Crippen molar-refractivity contribution >= 4 is 46.0 Å². The van der Waals surface area contributed by atoms with E-state index in [0.29, 0.717) is 21.3 Å². The summed E-state index contributed by atoms with van der Waals surface area (Å²) in [4.78, 5) is 45.0. The first-order valence-electron chi connectivity index (χ1n) is 12.4. The molecular weight excluding hydrogens is 553 g/mol. The Kier molecular flexibility index (Phi) is 7.45. The normalized spacial score (nSPS) is 11.8. The number of carbonyl (C=O) groups is 3. The van der Waals surface area contributed by atoms with E-state index in [9.17, 15) is 29.1 Å². The average molecular weight is 576 g/mol. The number of nitrogens with zero attached hydrogens (tertiary/aromatic N) is 2. The zero-order valence-electron chi connectivity index (χ0n) is 21.5. The Labute approximate surface area is 237 Å². The molecule has 5 rings (SSSR count). The summed E-state index contributed by atoms with van der Waals surface area (Å²) in [7, 11) is 0. The summed E-state index contributed by atoms with van der Waals surface area (Å²) in [5, 5.41) is 25.9. The number of aromatic amines is 1. The number of amides is 2. The van der Waals surface area contributed by atoms with Crippen molar-refractivity contribution in [3.05, 3.63) is 106 Å². The van der Waals surface area contributed by atoms with Gasteiger partial charge in [-0.05, 0) is 48.9 Å². The van der Waals surface area contributed by atoms with Crippen LogP contribution in [0.25, 0.3) is 22.3 Å². The number of fused-ring (bicyclic) bond motifs is 1. The van der Waals surface area contributed by atoms with E-state index in [1.807, 2.05) is 6.07 Å². The maximum atomic E-state index is 14.6. The SMILES string of the molecule is Cc1nc(-c2cccc(Cl)c2F)n(O)c1C(=O)N[C@@H](Cc1ccccc1)C(=O)Nc1ccc2[nH]c(C(=O)O)cc2c1. The predicted octanol–water partition coefficient (Wildman–Crippen LogP) is 5.05. The number of aryl methyl sites for hydroxylation is 1. The minimum absolute atomic E-state index is 0.00528. The summed E-state index contributed by atoms with van der Waals surface area (Å²) in [5.74, 6) is -3.51. The van der Waals surface area contributed by atoms with E-state index in [4.69, 9.17) is 11.6 Å². The molecule has 2 aromatic heterocycles. The van der Waals surface area contributed by atoms with Crippen LogP contribution in [-0.2, 0) is 11.2 Å². The van der Waals surface area contributed by atoms with Crippen LogP contribution in [0.1, 0.15) is 32.2 Å². The minimum Gasteiger partial charge on any atom is -0.477 e. The monoisotopic (exact) mass is 575 g/mol. The largest absolute Gasteiger partial charge is 0.477 e. The molecule has 10 nitrogen and oxygen atoms in total. The summed E-state index contributed by atoms with van der Waals surface area (Å²) in [5.41, 5.74) is 1.44. The van der Waals surface area contributed by atoms with E-state index < -0.39 is 29.6 Å². The molecular formula is C29H23ClFN5O5. The first kappa shape index (κ1) is 27.4. The van der Waals surface area contributed by atoms with E-state index in [1.54, 1.807) is 42.5 Å². The van der Waals surface area contributed by atoms with E-state index >= 15 is 0 Å². The first-order chi connectivity index (χ1) is 19.6. The third-order valence-corrected chi connectivity index (χ3v) is 6.75. The van der Waals surface area contributed by atoms with Crippen LogP contribution in [0, 0.1) is 12.7 Å². The van der Waals surface area contributed by atoms with Gasteiger partial charge in [0.1, 0.15) is 11.7 Å². The molecule has 0 saturated heterocycles. The number of hydrogen-bond acceptors (Lipinski definition) is 5. The van der Waals surface area contributed by atoms with Gasteiger partial charge in [-0.3, -0.25) is 9.59 Å². The van der Waals surface area contributed by atoms with Crippen molar-refractivity contribution in [2.24, 2.45) is 0 Å². The predicted molar refractivity (Wildman–Crippen MR) is 150 cm³/mol. The Morgan fingerprint density at radius 2 is 1.83 bits per heavy atom. The van der Waals surface area contributed by atoms with Gasteiger partial charge in [0.2, 0.25) is 5.91 Å². The van der Waals surface area contributed by atoms with Crippen LogP contribution in [-0.4, -0.2) is 48.8 Å². The van der Waals surface area contributed by atoms with Crippen LogP contribution < -0.4 is 10.6 Å². The van der Waals surface area contributed by atoms with E-state index in [1.165, 1.54) is 31.2 Å². The summed E-state index contributed by atoms with van der Waals surface area (Å²) < 4.78 is 15.1. The molecule has 0 aliphatic rings. The fourth-order valence-electron chi connectivity index (χ4n) is 4.47. The molecule has 0 aliphatic carbocycles. The number of nitrogens with one attached hydrogen (secondary N) is 3. The molecule has 0 bridgehead atoms. The lowest BCUT2D eigenvalue weighted by atomic mass is 10.0. The number of carboxylic acids is 1. The number of aromatic nitrogens is 3. The Bertz CT molecular complexity index is 1800. The highest BCUT2D eigenvalue weighted by atomic mass is 35.5. The molecule has 41 heavy (non-hydrogen) atoms. The van der Waals surface area contributed by atoms with Gasteiger partial charge in [-0.15, -0.1) is 0 Å². The number of anilines is 1. The lowest BCUT2D eigenvalue weighted by molar-refractivity contribution is -0.118. The molecule has 3 aromatic carbocycles. The highest BCUT2D eigenvalue weighted by molar-refractivity contribution is 6.31. The molecule has 0 unspecified atom stereocenters. The fraction of sp³-hybridized carbons (Fsp3) is 0.103. The molecule has 5 aromatic rings. The van der Waals surface area contributed by atoms with Gasteiger partial charge < -0.3 is 25.9 Å². The third-order valence-electron chi connectivity index (χ3n) is 6.46. The third kappa shape index (κ3) is 5.61. The molecule has 0 spiro atoms. The topological polar surface area (TPSA) is 149 Å². The van der Waals surface area contributed by atoms with Gasteiger partial charge in [-0.2, -0.15) is 4.73 Å². The van der Waals surface area contributed by atoms with Crippen molar-refractivity contribution in [3.8, 4) is 11.4 Å². The second-order valence-electron chi connectivity index (χ2n) is 9.28. The summed E-state index contributed by atoms with van der Waals surface area (Å²) in [6, 6.07) is 18.4. The lowest BCUT2D eigenvalue weighted by Crippen LogP contribution is -2.46. The Hall–Kier alpha value is -5.16. The molecule has 12 heteroatoms. The number of halogens is 2. The van der Waals surface area contributed by atoms with Crippen molar-refractivity contribution in [1.29, 1.82) is 0 Å². The zero-order chi connectivity index (χ0) is 29.3. The van der Waals surface area contributed by atoms with Crippen LogP contribution in [0.5, 0.6) is 0 Å². The molecule has 208 valence electrons. The molecule has 1 atom stereocenters. The van der Waals surface area contributed by atoms with Crippen molar-refractivity contribution in [2.75, 3.05) is 5.32 Å². The molecule has 5 N–H and O–H groups in total. The molecule has 0 saturated carbocycles. The highest BCUT2D eigenvalue weighted by Gasteiger charge is 2.28. The molecule has 0 aliphatic heterocycles. The van der Waals surface area contributed by atoms with Gasteiger partial charge in [-0.1, -0.05) is 48.0 Å². The number of carboxylic acid groups (broad SMARTS) is 1. The summed E-state index contributed by atoms with van der Waals surface area (Å²) >= 11 is 5.87. The van der Waals surface area contributed by atoms with Crippen LogP contribution in [0.4, 0.5) is 10.1 Å². The van der Waals surface area contributed by atoms with Crippen LogP contribution in [0.2, 0.25) is 5.02 Å². The number of aromatic carboxylic acids is 1. The summed E-state index contributed by atoms with van der Waals surface area (Å²) in [6.45, 7) is 1.47. The second kappa shape index (κ2) is 11.1. The molecule has 2 amide bonds. The van der Waals surface area contributed by atoms with Gasteiger partial charge in [-0.25, -0.2) is 14.2 Å². The van der Waals surface area contributed by atoms with Gasteiger partial charge in [0.25, 0.3) is 5.91 Å². The van der Waals surface area contributed by atoms with Crippen LogP contribution in [0.3, 0.4) is 0 Å². The van der Waals surface area contributed by atoms with Crippen molar-refractivity contribution in [1.82, 2.24) is 20.0 Å². The number of hydrogen-bond donors (Lipinski definition) is 5.